The number of esters is 1. The standard InChI is InChI=1S/C17H24N4O5/c1-16(2)14(24)21(15(25)20-16)9-6-13(23)26-10-12(22)19-17(11-18)7-4-3-5-8-17/h3-10H2,1-2H3,(H,19,22)(H,20,25). The van der Waals surface area contributed by atoms with Gasteiger partial charge in [-0.25, -0.2) is 4.79 Å². The normalized spacial score (nSPS) is 20.9. The Hall–Kier alpha value is -2.63. The number of hydrogen-bond donors (Lipinski definition) is 2. The highest BCUT2D eigenvalue weighted by Gasteiger charge is 2.44. The largest absolute Gasteiger partial charge is 0.456 e. The van der Waals surface area contributed by atoms with Gasteiger partial charge in [0.05, 0.1) is 12.5 Å². The number of ether oxygens (including phenoxy) is 1. The molecule has 2 aliphatic rings. The highest BCUT2D eigenvalue weighted by molar-refractivity contribution is 6.06. The van der Waals surface area contributed by atoms with Crippen molar-refractivity contribution in [3.05, 3.63) is 0 Å². The maximum absolute atomic E-state index is 12.0. The van der Waals surface area contributed by atoms with E-state index in [2.05, 4.69) is 16.7 Å². The van der Waals surface area contributed by atoms with Gasteiger partial charge in [0.25, 0.3) is 11.8 Å². The zero-order valence-electron chi connectivity index (χ0n) is 15.1. The molecule has 0 aromatic heterocycles. The highest BCUT2D eigenvalue weighted by atomic mass is 16.5. The van der Waals surface area contributed by atoms with Crippen LogP contribution in [0, 0.1) is 11.3 Å². The summed E-state index contributed by atoms with van der Waals surface area (Å²) in [7, 11) is 0. The molecule has 0 atom stereocenters. The molecule has 2 fully saturated rings. The number of carbonyl (C=O) groups excluding carboxylic acids is 4. The van der Waals surface area contributed by atoms with Gasteiger partial charge < -0.3 is 15.4 Å². The van der Waals surface area contributed by atoms with Crippen molar-refractivity contribution < 1.29 is 23.9 Å². The smallest absolute Gasteiger partial charge is 0.325 e. The number of nitrogens with zero attached hydrogens (tertiary/aromatic N) is 2. The fraction of sp³-hybridized carbons (Fsp3) is 0.706. The molecule has 1 saturated carbocycles. The molecule has 1 aliphatic carbocycles. The minimum atomic E-state index is -0.994. The summed E-state index contributed by atoms with van der Waals surface area (Å²) in [5.41, 5.74) is -1.88. The molecular formula is C17H24N4O5. The molecule has 1 heterocycles. The summed E-state index contributed by atoms with van der Waals surface area (Å²) in [4.78, 5) is 48.4. The van der Waals surface area contributed by atoms with Crippen LogP contribution in [-0.4, -0.2) is 52.9 Å². The first-order valence-corrected chi connectivity index (χ1v) is 8.71. The van der Waals surface area contributed by atoms with E-state index >= 15 is 0 Å². The zero-order chi connectivity index (χ0) is 19.4. The van der Waals surface area contributed by atoms with E-state index in [4.69, 9.17) is 4.74 Å². The summed E-state index contributed by atoms with van der Waals surface area (Å²) in [5.74, 6) is -1.64. The number of hydrogen-bond acceptors (Lipinski definition) is 6. The topological polar surface area (TPSA) is 129 Å². The van der Waals surface area contributed by atoms with Gasteiger partial charge >= 0.3 is 12.0 Å². The molecule has 0 radical (unpaired) electrons. The van der Waals surface area contributed by atoms with Crippen LogP contribution < -0.4 is 10.6 Å². The Morgan fingerprint density at radius 2 is 1.92 bits per heavy atom. The lowest BCUT2D eigenvalue weighted by Gasteiger charge is -2.31. The van der Waals surface area contributed by atoms with Crippen LogP contribution in [0.2, 0.25) is 0 Å². The van der Waals surface area contributed by atoms with Gasteiger partial charge in [-0.15, -0.1) is 0 Å². The first-order chi connectivity index (χ1) is 12.2. The second kappa shape index (κ2) is 7.72. The molecule has 1 saturated heterocycles. The lowest BCUT2D eigenvalue weighted by Crippen LogP contribution is -2.50. The Morgan fingerprint density at radius 3 is 2.46 bits per heavy atom. The van der Waals surface area contributed by atoms with E-state index in [1.165, 1.54) is 0 Å². The molecule has 26 heavy (non-hydrogen) atoms. The number of amides is 4. The molecule has 142 valence electrons. The summed E-state index contributed by atoms with van der Waals surface area (Å²) in [5, 5.41) is 14.5. The average molecular weight is 364 g/mol. The van der Waals surface area contributed by atoms with Gasteiger partial charge in [-0.1, -0.05) is 19.3 Å². The molecule has 0 spiro atoms. The van der Waals surface area contributed by atoms with E-state index in [0.717, 1.165) is 24.2 Å². The van der Waals surface area contributed by atoms with Crippen molar-refractivity contribution in [2.24, 2.45) is 0 Å². The predicted octanol–water partition coefficient (Wildman–Crippen LogP) is 0.593. The SMILES string of the molecule is CC1(C)NC(=O)N(CCC(=O)OCC(=O)NC2(C#N)CCCCC2)C1=O. The molecule has 9 heteroatoms. The fourth-order valence-corrected chi connectivity index (χ4v) is 3.17. The molecule has 0 bridgehead atoms. The maximum atomic E-state index is 12.0. The number of nitrogens with one attached hydrogen (secondary N) is 2. The van der Waals surface area contributed by atoms with Gasteiger partial charge in [0, 0.05) is 6.54 Å². The number of nitriles is 1. The summed E-state index contributed by atoms with van der Waals surface area (Å²) in [6, 6.07) is 1.60. The summed E-state index contributed by atoms with van der Waals surface area (Å²) in [6.45, 7) is 2.54. The maximum Gasteiger partial charge on any atom is 0.325 e. The van der Waals surface area contributed by atoms with Crippen LogP contribution in [0.1, 0.15) is 52.4 Å². The molecular weight excluding hydrogens is 340 g/mol. The van der Waals surface area contributed by atoms with Crippen molar-refractivity contribution in [1.29, 1.82) is 5.26 Å². The second-order valence-electron chi connectivity index (χ2n) is 7.23. The van der Waals surface area contributed by atoms with E-state index in [-0.39, 0.29) is 13.0 Å². The Morgan fingerprint density at radius 1 is 1.27 bits per heavy atom. The third kappa shape index (κ3) is 4.50. The first-order valence-electron chi connectivity index (χ1n) is 8.71. The average Bonchev–Trinajstić information content (AvgIpc) is 2.79. The van der Waals surface area contributed by atoms with Crippen molar-refractivity contribution in [3.63, 3.8) is 0 Å². The van der Waals surface area contributed by atoms with Crippen molar-refractivity contribution in [2.75, 3.05) is 13.2 Å². The summed E-state index contributed by atoms with van der Waals surface area (Å²) >= 11 is 0. The van der Waals surface area contributed by atoms with Crippen molar-refractivity contribution in [2.45, 2.75) is 63.5 Å². The molecule has 4 amide bonds. The van der Waals surface area contributed by atoms with Crippen LogP contribution in [0.4, 0.5) is 4.79 Å². The van der Waals surface area contributed by atoms with Crippen molar-refractivity contribution in [1.82, 2.24) is 15.5 Å². The van der Waals surface area contributed by atoms with Gasteiger partial charge in [0.1, 0.15) is 11.1 Å². The molecule has 2 N–H and O–H groups in total. The van der Waals surface area contributed by atoms with Gasteiger partial charge in [-0.05, 0) is 26.7 Å². The van der Waals surface area contributed by atoms with Crippen LogP contribution in [-0.2, 0) is 19.1 Å². The Labute approximate surface area is 152 Å². The van der Waals surface area contributed by atoms with Gasteiger partial charge in [-0.3, -0.25) is 19.3 Å². The third-order valence-corrected chi connectivity index (χ3v) is 4.65. The minimum Gasteiger partial charge on any atom is -0.456 e. The number of imide groups is 1. The minimum absolute atomic E-state index is 0.114. The van der Waals surface area contributed by atoms with E-state index < -0.39 is 41.5 Å². The predicted molar refractivity (Wildman–Crippen MR) is 89.5 cm³/mol. The highest BCUT2D eigenvalue weighted by Crippen LogP contribution is 2.27. The number of urea groups is 1. The zero-order valence-corrected chi connectivity index (χ0v) is 15.1. The summed E-state index contributed by atoms with van der Waals surface area (Å²) in [6.07, 6.45) is 3.75. The van der Waals surface area contributed by atoms with Crippen LogP contribution in [0.15, 0.2) is 0 Å². The molecule has 0 aromatic carbocycles. The van der Waals surface area contributed by atoms with Crippen molar-refractivity contribution >= 4 is 23.8 Å². The fourth-order valence-electron chi connectivity index (χ4n) is 3.17. The molecule has 2 rings (SSSR count). The van der Waals surface area contributed by atoms with Gasteiger partial charge in [0.15, 0.2) is 6.61 Å². The second-order valence-corrected chi connectivity index (χ2v) is 7.23. The van der Waals surface area contributed by atoms with Crippen LogP contribution >= 0.6 is 0 Å². The van der Waals surface area contributed by atoms with E-state index in [1.807, 2.05) is 0 Å². The third-order valence-electron chi connectivity index (χ3n) is 4.65. The quantitative estimate of drug-likeness (QED) is 0.524. The first kappa shape index (κ1) is 19.7. The van der Waals surface area contributed by atoms with Gasteiger partial charge in [0.2, 0.25) is 0 Å². The van der Waals surface area contributed by atoms with E-state index in [0.29, 0.717) is 12.8 Å². The van der Waals surface area contributed by atoms with E-state index in [1.54, 1.807) is 13.8 Å². The molecule has 0 aromatic rings. The lowest BCUT2D eigenvalue weighted by atomic mass is 9.83. The Kier molecular flexibility index (Phi) is 5.85. The molecule has 0 unspecified atom stereocenters. The number of rotatable bonds is 6. The molecule has 1 aliphatic heterocycles. The Bertz CT molecular complexity index is 646. The lowest BCUT2D eigenvalue weighted by molar-refractivity contribution is -0.149. The monoisotopic (exact) mass is 364 g/mol. The van der Waals surface area contributed by atoms with Gasteiger partial charge in [-0.2, -0.15) is 5.26 Å². The van der Waals surface area contributed by atoms with E-state index in [9.17, 15) is 24.4 Å². The van der Waals surface area contributed by atoms with Crippen molar-refractivity contribution in [3.8, 4) is 6.07 Å². The number of carbonyl (C=O) groups is 4. The Balaban J connectivity index is 1.75. The van der Waals surface area contributed by atoms with Crippen LogP contribution in [0.25, 0.3) is 0 Å². The molecule has 9 nitrogen and oxygen atoms in total. The van der Waals surface area contributed by atoms with Crippen LogP contribution in [0.3, 0.4) is 0 Å². The summed E-state index contributed by atoms with van der Waals surface area (Å²) < 4.78 is 4.89. The van der Waals surface area contributed by atoms with Crippen LogP contribution in [0.5, 0.6) is 0 Å².